The maximum absolute atomic E-state index is 12.0. The lowest BCUT2D eigenvalue weighted by Crippen LogP contribution is -2.27. The van der Waals surface area contributed by atoms with E-state index in [1.807, 2.05) is 6.07 Å². The van der Waals surface area contributed by atoms with Gasteiger partial charge in [0, 0.05) is 11.0 Å². The van der Waals surface area contributed by atoms with Gasteiger partial charge in [-0.2, -0.15) is 5.26 Å². The quantitative estimate of drug-likeness (QED) is 0.895. The molecule has 6 heteroatoms. The molecule has 0 aliphatic heterocycles. The van der Waals surface area contributed by atoms with E-state index >= 15 is 0 Å². The van der Waals surface area contributed by atoms with Gasteiger partial charge in [-0.05, 0) is 18.2 Å². The van der Waals surface area contributed by atoms with Crippen molar-refractivity contribution < 1.29 is 13.9 Å². The molecule has 0 radical (unpaired) electrons. The molecule has 0 heterocycles. The lowest BCUT2D eigenvalue weighted by Gasteiger charge is -2.12. The van der Waals surface area contributed by atoms with Crippen LogP contribution in [0.15, 0.2) is 22.7 Å². The number of nitrogens with zero attached hydrogens (tertiary/aromatic N) is 1. The second kappa shape index (κ2) is 5.77. The molecular weight excluding hydrogens is 282 g/mol. The van der Waals surface area contributed by atoms with Gasteiger partial charge in [0.25, 0.3) is 6.43 Å². The SMILES string of the molecule is N#Cc1ccc(Br)cc1NCC(O)C(F)F. The highest BCUT2D eigenvalue weighted by molar-refractivity contribution is 9.10. The molecule has 86 valence electrons. The van der Waals surface area contributed by atoms with E-state index in [1.54, 1.807) is 18.2 Å². The molecule has 0 aromatic heterocycles. The van der Waals surface area contributed by atoms with Crippen molar-refractivity contribution in [1.82, 2.24) is 0 Å². The number of benzene rings is 1. The van der Waals surface area contributed by atoms with Crippen molar-refractivity contribution in [2.45, 2.75) is 12.5 Å². The number of nitriles is 1. The maximum atomic E-state index is 12.0. The molecule has 3 nitrogen and oxygen atoms in total. The summed E-state index contributed by atoms with van der Waals surface area (Å²) in [6.45, 7) is -0.303. The number of aliphatic hydroxyl groups is 1. The molecule has 1 rings (SSSR count). The van der Waals surface area contributed by atoms with E-state index in [9.17, 15) is 8.78 Å². The highest BCUT2D eigenvalue weighted by atomic mass is 79.9. The predicted octanol–water partition coefficient (Wildman–Crippen LogP) is 2.36. The fourth-order valence-electron chi connectivity index (χ4n) is 1.06. The predicted molar refractivity (Wildman–Crippen MR) is 59.4 cm³/mol. The van der Waals surface area contributed by atoms with E-state index in [2.05, 4.69) is 21.2 Å². The van der Waals surface area contributed by atoms with Crippen LogP contribution >= 0.6 is 15.9 Å². The van der Waals surface area contributed by atoms with E-state index < -0.39 is 12.5 Å². The highest BCUT2D eigenvalue weighted by Crippen LogP contribution is 2.20. The zero-order valence-electron chi connectivity index (χ0n) is 8.12. The molecule has 1 aromatic rings. The summed E-state index contributed by atoms with van der Waals surface area (Å²) in [4.78, 5) is 0. The molecule has 0 saturated carbocycles. The second-order valence-corrected chi connectivity index (χ2v) is 4.00. The Labute approximate surface area is 99.8 Å². The number of hydrogen-bond acceptors (Lipinski definition) is 3. The monoisotopic (exact) mass is 290 g/mol. The standard InChI is InChI=1S/C10H9BrF2N2O/c11-7-2-1-6(4-14)8(3-7)15-5-9(16)10(12)13/h1-3,9-10,15-16H,5H2. The summed E-state index contributed by atoms with van der Waals surface area (Å²) in [5, 5.41) is 20.3. The third kappa shape index (κ3) is 3.43. The number of anilines is 1. The summed E-state index contributed by atoms with van der Waals surface area (Å²) in [6.07, 6.45) is -4.55. The van der Waals surface area contributed by atoms with Crippen LogP contribution in [0.1, 0.15) is 5.56 Å². The average Bonchev–Trinajstić information content (AvgIpc) is 2.25. The topological polar surface area (TPSA) is 56.0 Å². The molecule has 0 fully saturated rings. The Bertz CT molecular complexity index is 406. The number of alkyl halides is 2. The Morgan fingerprint density at radius 2 is 2.19 bits per heavy atom. The Morgan fingerprint density at radius 1 is 1.50 bits per heavy atom. The summed E-state index contributed by atoms with van der Waals surface area (Å²) >= 11 is 3.20. The summed E-state index contributed by atoms with van der Waals surface area (Å²) in [5.41, 5.74) is 0.751. The lowest BCUT2D eigenvalue weighted by atomic mass is 10.2. The van der Waals surface area contributed by atoms with Gasteiger partial charge in [0.1, 0.15) is 12.2 Å². The second-order valence-electron chi connectivity index (χ2n) is 3.08. The molecule has 16 heavy (non-hydrogen) atoms. The molecule has 2 N–H and O–H groups in total. The Balaban J connectivity index is 2.73. The van der Waals surface area contributed by atoms with Crippen molar-refractivity contribution in [3.63, 3.8) is 0 Å². The first-order valence-corrected chi connectivity index (χ1v) is 5.23. The molecule has 1 unspecified atom stereocenters. The van der Waals surface area contributed by atoms with E-state index in [1.165, 1.54) is 0 Å². The van der Waals surface area contributed by atoms with Crippen molar-refractivity contribution in [3.8, 4) is 6.07 Å². The van der Waals surface area contributed by atoms with Crippen molar-refractivity contribution in [2.75, 3.05) is 11.9 Å². The first-order chi connectivity index (χ1) is 7.54. The van der Waals surface area contributed by atoms with Gasteiger partial charge in [-0.1, -0.05) is 15.9 Å². The Morgan fingerprint density at radius 3 is 2.75 bits per heavy atom. The van der Waals surface area contributed by atoms with Gasteiger partial charge in [0.15, 0.2) is 0 Å². The van der Waals surface area contributed by atoms with Gasteiger partial charge >= 0.3 is 0 Å². The number of rotatable bonds is 4. The van der Waals surface area contributed by atoms with E-state index in [4.69, 9.17) is 10.4 Å². The third-order valence-corrected chi connectivity index (χ3v) is 2.39. The number of aliphatic hydroxyl groups excluding tert-OH is 1. The molecule has 1 atom stereocenters. The first-order valence-electron chi connectivity index (χ1n) is 4.44. The van der Waals surface area contributed by atoms with Gasteiger partial charge in [-0.3, -0.25) is 0 Å². The van der Waals surface area contributed by atoms with Crippen LogP contribution in [0.4, 0.5) is 14.5 Å². The summed E-state index contributed by atoms with van der Waals surface area (Å²) in [5.74, 6) is 0. The molecule has 0 saturated heterocycles. The van der Waals surface area contributed by atoms with E-state index in [0.717, 1.165) is 4.47 Å². The van der Waals surface area contributed by atoms with Crippen LogP contribution in [-0.2, 0) is 0 Å². The Hall–Kier alpha value is -1.19. The normalized spacial score (nSPS) is 12.2. The van der Waals surface area contributed by atoms with Crippen molar-refractivity contribution in [2.24, 2.45) is 0 Å². The number of halogens is 3. The average molecular weight is 291 g/mol. The summed E-state index contributed by atoms with van der Waals surface area (Å²) in [7, 11) is 0. The fraction of sp³-hybridized carbons (Fsp3) is 0.300. The Kier molecular flexibility index (Phi) is 4.65. The molecule has 0 aliphatic carbocycles. The van der Waals surface area contributed by atoms with E-state index in [-0.39, 0.29) is 6.54 Å². The van der Waals surface area contributed by atoms with Crippen LogP contribution in [0.25, 0.3) is 0 Å². The molecule has 0 amide bonds. The van der Waals surface area contributed by atoms with Crippen molar-refractivity contribution >= 4 is 21.6 Å². The van der Waals surface area contributed by atoms with Gasteiger partial charge in [0.05, 0.1) is 11.3 Å². The third-order valence-electron chi connectivity index (χ3n) is 1.89. The van der Waals surface area contributed by atoms with Gasteiger partial charge < -0.3 is 10.4 Å². The highest BCUT2D eigenvalue weighted by Gasteiger charge is 2.16. The van der Waals surface area contributed by atoms with Gasteiger partial charge in [-0.25, -0.2) is 8.78 Å². The molecule has 0 aliphatic rings. The minimum Gasteiger partial charge on any atom is -0.385 e. The van der Waals surface area contributed by atoms with Crippen LogP contribution in [0.3, 0.4) is 0 Å². The van der Waals surface area contributed by atoms with Crippen molar-refractivity contribution in [1.29, 1.82) is 5.26 Å². The lowest BCUT2D eigenvalue weighted by molar-refractivity contribution is 0.00384. The molecule has 1 aromatic carbocycles. The van der Waals surface area contributed by atoms with Gasteiger partial charge in [0.2, 0.25) is 0 Å². The minimum atomic E-state index is -2.80. The number of nitrogens with one attached hydrogen (secondary N) is 1. The maximum Gasteiger partial charge on any atom is 0.265 e. The smallest absolute Gasteiger partial charge is 0.265 e. The largest absolute Gasteiger partial charge is 0.385 e. The molecule has 0 spiro atoms. The van der Waals surface area contributed by atoms with Crippen LogP contribution in [0, 0.1) is 11.3 Å². The van der Waals surface area contributed by atoms with Crippen molar-refractivity contribution in [3.05, 3.63) is 28.2 Å². The minimum absolute atomic E-state index is 0.303. The van der Waals surface area contributed by atoms with Gasteiger partial charge in [-0.15, -0.1) is 0 Å². The zero-order chi connectivity index (χ0) is 12.1. The number of hydrogen-bond donors (Lipinski definition) is 2. The van der Waals surface area contributed by atoms with E-state index in [0.29, 0.717) is 11.3 Å². The summed E-state index contributed by atoms with van der Waals surface area (Å²) < 4.78 is 24.8. The van der Waals surface area contributed by atoms with Crippen LogP contribution in [0.2, 0.25) is 0 Å². The molecule has 0 bridgehead atoms. The van der Waals surface area contributed by atoms with Crippen LogP contribution in [0.5, 0.6) is 0 Å². The van der Waals surface area contributed by atoms with Crippen LogP contribution in [-0.4, -0.2) is 24.2 Å². The molecular formula is C10H9BrF2N2O. The fourth-order valence-corrected chi connectivity index (χ4v) is 1.42. The first kappa shape index (κ1) is 12.9. The summed E-state index contributed by atoms with van der Waals surface area (Å²) in [6, 6.07) is 6.75. The van der Waals surface area contributed by atoms with Crippen LogP contribution < -0.4 is 5.32 Å². The zero-order valence-corrected chi connectivity index (χ0v) is 9.71.